The highest BCUT2D eigenvalue weighted by molar-refractivity contribution is 5.85. The first-order valence-corrected chi connectivity index (χ1v) is 8.04. The number of aromatic nitrogens is 4. The molecule has 0 aliphatic heterocycles. The Morgan fingerprint density at radius 1 is 1.27 bits per heavy atom. The highest BCUT2D eigenvalue weighted by Crippen LogP contribution is 2.25. The first kappa shape index (κ1) is 17.7. The molecule has 3 aromatic rings. The zero-order valence-corrected chi connectivity index (χ0v) is 14.0. The predicted octanol–water partition coefficient (Wildman–Crippen LogP) is 2.95. The molecule has 0 saturated carbocycles. The number of nitrogens with zero attached hydrogens (tertiary/aromatic N) is 5. The molecule has 26 heavy (non-hydrogen) atoms. The Morgan fingerprint density at radius 2 is 2.08 bits per heavy atom. The first-order chi connectivity index (χ1) is 12.5. The minimum absolute atomic E-state index is 0.220. The van der Waals surface area contributed by atoms with Crippen molar-refractivity contribution in [3.63, 3.8) is 0 Å². The number of nitriles is 1. The van der Waals surface area contributed by atoms with E-state index in [1.165, 1.54) is 0 Å². The van der Waals surface area contributed by atoms with E-state index in [-0.39, 0.29) is 12.8 Å². The number of nitrogens with two attached hydrogens (primary N) is 1. The van der Waals surface area contributed by atoms with Gasteiger partial charge in [0.1, 0.15) is 6.07 Å². The molecule has 0 bridgehead atoms. The monoisotopic (exact) mass is 358 g/mol. The summed E-state index contributed by atoms with van der Waals surface area (Å²) < 4.78 is 29.4. The Hall–Kier alpha value is -3.15. The number of anilines is 1. The van der Waals surface area contributed by atoms with Gasteiger partial charge in [0.2, 0.25) is 12.1 Å². The summed E-state index contributed by atoms with van der Waals surface area (Å²) in [5.74, 6) is 0. The third-order valence-electron chi connectivity index (χ3n) is 4.11. The average molecular weight is 358 g/mol. The lowest BCUT2D eigenvalue weighted by molar-refractivity contribution is 0.135. The van der Waals surface area contributed by atoms with Crippen LogP contribution in [0.3, 0.4) is 0 Å². The highest BCUT2D eigenvalue weighted by Gasteiger charge is 2.16. The number of fused-ring (bicyclic) bond motifs is 1. The van der Waals surface area contributed by atoms with Crippen molar-refractivity contribution in [2.45, 2.75) is 39.0 Å². The van der Waals surface area contributed by atoms with Crippen LogP contribution in [0.25, 0.3) is 11.2 Å². The summed E-state index contributed by atoms with van der Waals surface area (Å²) >= 11 is 0. The number of aryl methyl sites for hydroxylation is 2. The molecule has 3 heterocycles. The van der Waals surface area contributed by atoms with Gasteiger partial charge in [-0.25, -0.2) is 18.4 Å². The van der Waals surface area contributed by atoms with Crippen molar-refractivity contribution >= 4 is 16.9 Å². The molecule has 0 amide bonds. The van der Waals surface area contributed by atoms with Crippen LogP contribution >= 0.6 is 0 Å². The van der Waals surface area contributed by atoms with E-state index in [1.807, 2.05) is 0 Å². The first-order valence-electron chi connectivity index (χ1n) is 8.04. The van der Waals surface area contributed by atoms with Gasteiger partial charge < -0.3 is 5.73 Å². The maximum atomic E-state index is 12.4. The Morgan fingerprint density at radius 3 is 2.81 bits per heavy atom. The van der Waals surface area contributed by atoms with E-state index in [0.717, 1.165) is 5.56 Å². The average Bonchev–Trinajstić information content (AvgIpc) is 3.07. The van der Waals surface area contributed by atoms with Gasteiger partial charge in [0.05, 0.1) is 16.9 Å². The second-order valence-corrected chi connectivity index (χ2v) is 5.89. The molecule has 3 aromatic heterocycles. The summed E-state index contributed by atoms with van der Waals surface area (Å²) in [4.78, 5) is 8.78. The fraction of sp³-hybridized carbons (Fsp3) is 0.353. The van der Waals surface area contributed by atoms with Crippen LogP contribution in [0.15, 0.2) is 16.8 Å². The van der Waals surface area contributed by atoms with Crippen molar-refractivity contribution in [3.8, 4) is 6.07 Å². The third kappa shape index (κ3) is 3.59. The van der Waals surface area contributed by atoms with Gasteiger partial charge in [-0.05, 0) is 42.2 Å². The topological polar surface area (TPSA) is 115 Å². The maximum Gasteiger partial charge on any atom is 0.238 e. The number of pyridine rings is 2. The standard InChI is InChI=1S/C17H16F2N6O/c1-9-12(15(21)16-17(22-9)25-26-24-16)7-11-6-5-10(8-20)13(23-11)3-2-4-14(18)19/h5-6,14H,2-4,7,21H2,1H3. The number of nitrogen functional groups attached to an aromatic ring is 1. The van der Waals surface area contributed by atoms with Crippen molar-refractivity contribution in [3.05, 3.63) is 40.3 Å². The molecular weight excluding hydrogens is 342 g/mol. The normalized spacial score (nSPS) is 11.2. The Kier molecular flexibility index (Phi) is 5.02. The molecule has 9 heteroatoms. The lowest BCUT2D eigenvalue weighted by Gasteiger charge is -2.10. The molecule has 0 aliphatic rings. The zero-order valence-electron chi connectivity index (χ0n) is 14.0. The lowest BCUT2D eigenvalue weighted by atomic mass is 10.0. The highest BCUT2D eigenvalue weighted by atomic mass is 19.3. The van der Waals surface area contributed by atoms with Crippen LogP contribution in [0.1, 0.15) is 41.1 Å². The van der Waals surface area contributed by atoms with E-state index < -0.39 is 6.43 Å². The largest absolute Gasteiger partial charge is 0.396 e. The van der Waals surface area contributed by atoms with E-state index in [2.05, 4.69) is 31.0 Å². The van der Waals surface area contributed by atoms with Crippen LogP contribution in [0.4, 0.5) is 14.5 Å². The Balaban J connectivity index is 1.89. The minimum Gasteiger partial charge on any atom is -0.396 e. The number of hydrogen-bond donors (Lipinski definition) is 1. The van der Waals surface area contributed by atoms with Crippen LogP contribution in [0.2, 0.25) is 0 Å². The van der Waals surface area contributed by atoms with Gasteiger partial charge in [-0.3, -0.25) is 4.98 Å². The van der Waals surface area contributed by atoms with Crippen LogP contribution < -0.4 is 5.73 Å². The molecule has 7 nitrogen and oxygen atoms in total. The molecule has 0 atom stereocenters. The number of rotatable bonds is 6. The summed E-state index contributed by atoms with van der Waals surface area (Å²) in [6, 6.07) is 5.42. The molecule has 0 saturated heterocycles. The van der Waals surface area contributed by atoms with Crippen LogP contribution in [-0.2, 0) is 12.8 Å². The van der Waals surface area contributed by atoms with Crippen molar-refractivity contribution in [1.29, 1.82) is 5.26 Å². The maximum absolute atomic E-state index is 12.4. The molecule has 2 N–H and O–H groups in total. The third-order valence-corrected chi connectivity index (χ3v) is 4.11. The molecule has 0 fully saturated rings. The van der Waals surface area contributed by atoms with Gasteiger partial charge in [-0.15, -0.1) is 0 Å². The van der Waals surface area contributed by atoms with E-state index >= 15 is 0 Å². The van der Waals surface area contributed by atoms with Gasteiger partial charge in [0, 0.05) is 29.8 Å². The summed E-state index contributed by atoms with van der Waals surface area (Å²) in [7, 11) is 0. The molecule has 0 aliphatic carbocycles. The second-order valence-electron chi connectivity index (χ2n) is 5.89. The molecular formula is C17H16F2N6O. The van der Waals surface area contributed by atoms with Crippen molar-refractivity contribution in [1.82, 2.24) is 20.3 Å². The fourth-order valence-electron chi connectivity index (χ4n) is 2.76. The molecule has 3 rings (SSSR count). The Bertz CT molecular complexity index is 979. The van der Waals surface area contributed by atoms with Crippen molar-refractivity contribution < 1.29 is 13.4 Å². The van der Waals surface area contributed by atoms with E-state index in [4.69, 9.17) is 5.73 Å². The molecule has 0 aromatic carbocycles. The van der Waals surface area contributed by atoms with Crippen molar-refractivity contribution in [2.75, 3.05) is 5.73 Å². The predicted molar refractivity (Wildman–Crippen MR) is 89.4 cm³/mol. The Labute approximate surface area is 147 Å². The summed E-state index contributed by atoms with van der Waals surface area (Å²) in [6.45, 7) is 1.80. The van der Waals surface area contributed by atoms with Gasteiger partial charge in [0.25, 0.3) is 0 Å². The minimum atomic E-state index is -2.36. The van der Waals surface area contributed by atoms with Gasteiger partial charge in [0.15, 0.2) is 5.52 Å². The van der Waals surface area contributed by atoms with E-state index in [9.17, 15) is 14.0 Å². The summed E-state index contributed by atoms with van der Waals surface area (Å²) in [5.41, 5.74) is 10.3. The smallest absolute Gasteiger partial charge is 0.238 e. The molecule has 0 spiro atoms. The van der Waals surface area contributed by atoms with E-state index in [1.54, 1.807) is 19.1 Å². The van der Waals surface area contributed by atoms with Gasteiger partial charge in [-0.1, -0.05) is 0 Å². The number of halogens is 2. The SMILES string of the molecule is Cc1nc2nonc2c(N)c1Cc1ccc(C#N)c(CCCC(F)F)n1. The molecule has 0 radical (unpaired) electrons. The number of alkyl halides is 2. The van der Waals surface area contributed by atoms with Gasteiger partial charge >= 0.3 is 0 Å². The molecule has 134 valence electrons. The zero-order chi connectivity index (χ0) is 18.7. The quantitative estimate of drug-likeness (QED) is 0.720. The van der Waals surface area contributed by atoms with Gasteiger partial charge in [-0.2, -0.15) is 5.26 Å². The lowest BCUT2D eigenvalue weighted by Crippen LogP contribution is -2.06. The summed E-state index contributed by atoms with van der Waals surface area (Å²) in [5, 5.41) is 16.6. The van der Waals surface area contributed by atoms with E-state index in [0.29, 0.717) is 52.3 Å². The van der Waals surface area contributed by atoms with Crippen molar-refractivity contribution in [2.24, 2.45) is 0 Å². The van der Waals surface area contributed by atoms with Crippen LogP contribution in [0.5, 0.6) is 0 Å². The van der Waals surface area contributed by atoms with Crippen LogP contribution in [-0.4, -0.2) is 26.7 Å². The fourth-order valence-corrected chi connectivity index (χ4v) is 2.76. The van der Waals surface area contributed by atoms with Crippen LogP contribution in [0, 0.1) is 18.3 Å². The molecule has 0 unspecified atom stereocenters. The summed E-state index contributed by atoms with van der Waals surface area (Å²) in [6.07, 6.45) is -1.62. The second kappa shape index (κ2) is 7.39. The number of hydrogen-bond acceptors (Lipinski definition) is 7.